The van der Waals surface area contributed by atoms with Crippen LogP contribution in [0.15, 0.2) is 35.5 Å². The highest BCUT2D eigenvalue weighted by Gasteiger charge is 2.07. The Kier molecular flexibility index (Phi) is 7.21. The molecule has 0 saturated carbocycles. The van der Waals surface area contributed by atoms with E-state index in [-0.39, 0.29) is 17.6 Å². The first-order chi connectivity index (χ1) is 11.9. The van der Waals surface area contributed by atoms with Gasteiger partial charge >= 0.3 is 0 Å². The molecule has 8 heteroatoms. The van der Waals surface area contributed by atoms with Crippen LogP contribution < -0.4 is 10.6 Å². The SMILES string of the molecule is Cc1cc(C)nc(SCC(=O)NCCNC(=O)c2ccc(Cl)cc2)n1. The van der Waals surface area contributed by atoms with Gasteiger partial charge in [0.15, 0.2) is 5.16 Å². The maximum atomic E-state index is 11.9. The monoisotopic (exact) mass is 378 g/mol. The highest BCUT2D eigenvalue weighted by molar-refractivity contribution is 7.99. The zero-order chi connectivity index (χ0) is 18.2. The third-order valence-electron chi connectivity index (χ3n) is 3.13. The van der Waals surface area contributed by atoms with Crippen molar-refractivity contribution in [3.63, 3.8) is 0 Å². The Bertz CT molecular complexity index is 733. The van der Waals surface area contributed by atoms with Gasteiger partial charge in [-0.3, -0.25) is 9.59 Å². The van der Waals surface area contributed by atoms with Gasteiger partial charge in [-0.15, -0.1) is 0 Å². The number of halogens is 1. The number of benzene rings is 1. The summed E-state index contributed by atoms with van der Waals surface area (Å²) >= 11 is 7.06. The molecule has 25 heavy (non-hydrogen) atoms. The van der Waals surface area contributed by atoms with E-state index in [2.05, 4.69) is 20.6 Å². The fourth-order valence-electron chi connectivity index (χ4n) is 2.02. The second-order valence-electron chi connectivity index (χ2n) is 5.33. The van der Waals surface area contributed by atoms with Crippen LogP contribution in [0.1, 0.15) is 21.7 Å². The number of aromatic nitrogens is 2. The van der Waals surface area contributed by atoms with Crippen LogP contribution in [-0.4, -0.2) is 40.6 Å². The number of rotatable bonds is 7. The molecule has 0 bridgehead atoms. The van der Waals surface area contributed by atoms with E-state index in [1.807, 2.05) is 19.9 Å². The molecule has 1 aromatic carbocycles. The van der Waals surface area contributed by atoms with E-state index in [1.54, 1.807) is 24.3 Å². The summed E-state index contributed by atoms with van der Waals surface area (Å²) in [5.41, 5.74) is 2.28. The summed E-state index contributed by atoms with van der Waals surface area (Å²) in [6.45, 7) is 4.48. The second-order valence-corrected chi connectivity index (χ2v) is 6.71. The molecule has 132 valence electrons. The van der Waals surface area contributed by atoms with Gasteiger partial charge in [-0.1, -0.05) is 23.4 Å². The summed E-state index contributed by atoms with van der Waals surface area (Å²) in [5.74, 6) is -0.106. The first-order valence-electron chi connectivity index (χ1n) is 7.69. The van der Waals surface area contributed by atoms with Crippen molar-refractivity contribution in [2.24, 2.45) is 0 Å². The lowest BCUT2D eigenvalue weighted by molar-refractivity contribution is -0.118. The van der Waals surface area contributed by atoms with E-state index < -0.39 is 0 Å². The van der Waals surface area contributed by atoms with Gasteiger partial charge in [0.05, 0.1) is 5.75 Å². The molecule has 2 amide bonds. The quantitative estimate of drug-likeness (QED) is 0.439. The van der Waals surface area contributed by atoms with Crippen molar-refractivity contribution < 1.29 is 9.59 Å². The molecule has 0 saturated heterocycles. The maximum Gasteiger partial charge on any atom is 0.251 e. The number of carbonyl (C=O) groups is 2. The molecule has 2 rings (SSSR count). The minimum Gasteiger partial charge on any atom is -0.354 e. The van der Waals surface area contributed by atoms with E-state index in [0.29, 0.717) is 28.8 Å². The van der Waals surface area contributed by atoms with Crippen molar-refractivity contribution in [2.45, 2.75) is 19.0 Å². The van der Waals surface area contributed by atoms with Gasteiger partial charge in [0.25, 0.3) is 5.91 Å². The molecule has 0 spiro atoms. The van der Waals surface area contributed by atoms with Gasteiger partial charge < -0.3 is 10.6 Å². The number of amides is 2. The molecule has 0 unspecified atom stereocenters. The molecule has 2 N–H and O–H groups in total. The van der Waals surface area contributed by atoms with E-state index in [4.69, 9.17) is 11.6 Å². The summed E-state index contributed by atoms with van der Waals surface area (Å²) in [6, 6.07) is 8.50. The number of aryl methyl sites for hydroxylation is 2. The lowest BCUT2D eigenvalue weighted by Gasteiger charge is -2.07. The van der Waals surface area contributed by atoms with Crippen molar-refractivity contribution in [1.82, 2.24) is 20.6 Å². The number of carbonyl (C=O) groups excluding carboxylic acids is 2. The highest BCUT2D eigenvalue weighted by Crippen LogP contribution is 2.13. The van der Waals surface area contributed by atoms with Crippen LogP contribution in [0.5, 0.6) is 0 Å². The third kappa shape index (κ3) is 6.72. The molecular weight excluding hydrogens is 360 g/mol. The highest BCUT2D eigenvalue weighted by atomic mass is 35.5. The number of hydrogen-bond acceptors (Lipinski definition) is 5. The minimum atomic E-state index is -0.205. The van der Waals surface area contributed by atoms with Crippen LogP contribution in [0, 0.1) is 13.8 Å². The summed E-state index contributed by atoms with van der Waals surface area (Å²) in [4.78, 5) is 32.3. The Morgan fingerprint density at radius 3 is 2.28 bits per heavy atom. The molecule has 2 aromatic rings. The Morgan fingerprint density at radius 2 is 1.64 bits per heavy atom. The lowest BCUT2D eigenvalue weighted by atomic mass is 10.2. The molecule has 6 nitrogen and oxygen atoms in total. The van der Waals surface area contributed by atoms with Crippen LogP contribution in [-0.2, 0) is 4.79 Å². The predicted octanol–water partition coefficient (Wildman–Crippen LogP) is 2.39. The Labute approximate surface area is 155 Å². The largest absolute Gasteiger partial charge is 0.354 e. The van der Waals surface area contributed by atoms with Crippen LogP contribution in [0.25, 0.3) is 0 Å². The number of nitrogens with zero attached hydrogens (tertiary/aromatic N) is 2. The third-order valence-corrected chi connectivity index (χ3v) is 4.23. The van der Waals surface area contributed by atoms with Gasteiger partial charge in [0, 0.05) is 35.1 Å². The van der Waals surface area contributed by atoms with E-state index in [1.165, 1.54) is 11.8 Å². The second kappa shape index (κ2) is 9.39. The van der Waals surface area contributed by atoms with Gasteiger partial charge in [0.1, 0.15) is 0 Å². The molecule has 0 aliphatic heterocycles. The molecule has 0 atom stereocenters. The summed E-state index contributed by atoms with van der Waals surface area (Å²) in [6.07, 6.45) is 0. The zero-order valence-electron chi connectivity index (χ0n) is 14.0. The Morgan fingerprint density at radius 1 is 1.04 bits per heavy atom. The molecule has 1 heterocycles. The molecule has 0 fully saturated rings. The maximum absolute atomic E-state index is 11.9. The molecular formula is C17H19ClN4O2S. The number of hydrogen-bond donors (Lipinski definition) is 2. The van der Waals surface area contributed by atoms with E-state index in [9.17, 15) is 9.59 Å². The molecule has 1 aromatic heterocycles. The molecule has 0 aliphatic rings. The fourth-order valence-corrected chi connectivity index (χ4v) is 2.93. The first-order valence-corrected chi connectivity index (χ1v) is 9.06. The lowest BCUT2D eigenvalue weighted by Crippen LogP contribution is -2.35. The van der Waals surface area contributed by atoms with Crippen molar-refractivity contribution >= 4 is 35.2 Å². The van der Waals surface area contributed by atoms with Gasteiger partial charge in [-0.25, -0.2) is 9.97 Å². The Hall–Kier alpha value is -2.12. The topological polar surface area (TPSA) is 84.0 Å². The fraction of sp³-hybridized carbons (Fsp3) is 0.294. The predicted molar refractivity (Wildman–Crippen MR) is 99.0 cm³/mol. The number of thioether (sulfide) groups is 1. The van der Waals surface area contributed by atoms with Crippen LogP contribution in [0.3, 0.4) is 0 Å². The Balaban J connectivity index is 1.66. The van der Waals surface area contributed by atoms with Crippen molar-refractivity contribution in [3.05, 3.63) is 52.3 Å². The molecule has 0 aliphatic carbocycles. The van der Waals surface area contributed by atoms with Crippen LogP contribution in [0.2, 0.25) is 5.02 Å². The average Bonchev–Trinajstić information content (AvgIpc) is 2.56. The van der Waals surface area contributed by atoms with Crippen LogP contribution in [0.4, 0.5) is 0 Å². The van der Waals surface area contributed by atoms with Crippen LogP contribution >= 0.6 is 23.4 Å². The van der Waals surface area contributed by atoms with Gasteiger partial charge in [-0.2, -0.15) is 0 Å². The normalized spacial score (nSPS) is 10.4. The van der Waals surface area contributed by atoms with E-state index >= 15 is 0 Å². The van der Waals surface area contributed by atoms with Gasteiger partial charge in [0.2, 0.25) is 5.91 Å². The van der Waals surface area contributed by atoms with Gasteiger partial charge in [-0.05, 0) is 44.2 Å². The zero-order valence-corrected chi connectivity index (χ0v) is 15.6. The smallest absolute Gasteiger partial charge is 0.251 e. The number of nitrogens with one attached hydrogen (secondary N) is 2. The van der Waals surface area contributed by atoms with Crippen molar-refractivity contribution in [1.29, 1.82) is 0 Å². The standard InChI is InChI=1S/C17H19ClN4O2S/c1-11-9-12(2)22-17(21-11)25-10-15(23)19-7-8-20-16(24)13-3-5-14(18)6-4-13/h3-6,9H,7-8,10H2,1-2H3,(H,19,23)(H,20,24). The minimum absolute atomic E-state index is 0.131. The first kappa shape index (κ1) is 19.2. The summed E-state index contributed by atoms with van der Waals surface area (Å²) in [7, 11) is 0. The van der Waals surface area contributed by atoms with Crippen molar-refractivity contribution in [2.75, 3.05) is 18.8 Å². The van der Waals surface area contributed by atoms with Crippen molar-refractivity contribution in [3.8, 4) is 0 Å². The van der Waals surface area contributed by atoms with E-state index in [0.717, 1.165) is 11.4 Å². The summed E-state index contributed by atoms with van der Waals surface area (Å²) in [5, 5.41) is 6.65. The summed E-state index contributed by atoms with van der Waals surface area (Å²) < 4.78 is 0. The molecule has 0 radical (unpaired) electrons. The average molecular weight is 379 g/mol.